The molecule has 0 saturated carbocycles. The molecule has 0 aliphatic carbocycles. The lowest BCUT2D eigenvalue weighted by atomic mass is 9.95. The summed E-state index contributed by atoms with van der Waals surface area (Å²) >= 11 is 0. The van der Waals surface area contributed by atoms with Gasteiger partial charge in [-0.2, -0.15) is 0 Å². The number of ether oxygens (including phenoxy) is 4. The zero-order valence-electron chi connectivity index (χ0n) is 45.7. The monoisotopic (exact) mass is 1050 g/mol. The summed E-state index contributed by atoms with van der Waals surface area (Å²) in [5.74, 6) is -1.38. The Morgan fingerprint density at radius 3 is 1.32 bits per heavy atom. The first-order chi connectivity index (χ1) is 35.3. The molecule has 432 valence electrons. The van der Waals surface area contributed by atoms with Crippen LogP contribution < -0.4 is 10.6 Å². The van der Waals surface area contributed by atoms with Gasteiger partial charge in [-0.25, -0.2) is 0 Å². The number of carbonyl (C=O) groups is 2. The van der Waals surface area contributed by atoms with Gasteiger partial charge in [0.1, 0.15) is 61.0 Å². The highest BCUT2D eigenvalue weighted by Gasteiger charge is 2.51. The second kappa shape index (κ2) is 42.4. The van der Waals surface area contributed by atoms with Crippen molar-refractivity contribution in [1.29, 1.82) is 0 Å². The van der Waals surface area contributed by atoms with E-state index in [1.54, 1.807) is 0 Å². The van der Waals surface area contributed by atoms with Crippen molar-refractivity contribution >= 4 is 11.8 Å². The molecule has 2 saturated heterocycles. The molecular weight excluding hydrogens is 941 g/mol. The lowest BCUT2D eigenvalue weighted by Gasteiger charge is -2.47. The van der Waals surface area contributed by atoms with Crippen LogP contribution in [0.1, 0.15) is 239 Å². The molecule has 2 aliphatic heterocycles. The minimum absolute atomic E-state index is 0.203. The molecule has 2 amide bonds. The summed E-state index contributed by atoms with van der Waals surface area (Å²) in [6.45, 7) is 3.59. The first-order valence-corrected chi connectivity index (χ1v) is 29.4. The summed E-state index contributed by atoms with van der Waals surface area (Å²) in [5.41, 5.74) is 0. The molecule has 2 rings (SSSR count). The normalized spacial score (nSPS) is 26.1. The molecule has 17 nitrogen and oxygen atoms in total. The van der Waals surface area contributed by atoms with Gasteiger partial charge in [-0.05, 0) is 12.8 Å². The molecular formula is C56H108N2O15. The number of hydrogen-bond donors (Lipinski definition) is 11. The smallest absolute Gasteiger partial charge is 0.249 e. The van der Waals surface area contributed by atoms with Gasteiger partial charge in [-0.3, -0.25) is 9.59 Å². The minimum atomic E-state index is -1.86. The number of rotatable bonds is 46. The molecule has 0 bridgehead atoms. The third-order valence-corrected chi connectivity index (χ3v) is 14.9. The molecule has 14 atom stereocenters. The van der Waals surface area contributed by atoms with Crippen LogP contribution in [0.3, 0.4) is 0 Å². The van der Waals surface area contributed by atoms with Gasteiger partial charge in [-0.1, -0.05) is 219 Å². The van der Waals surface area contributed by atoms with E-state index in [2.05, 4.69) is 24.5 Å². The second-order valence-corrected chi connectivity index (χ2v) is 21.4. The van der Waals surface area contributed by atoms with Crippen molar-refractivity contribution in [3.8, 4) is 0 Å². The van der Waals surface area contributed by atoms with Crippen molar-refractivity contribution in [2.75, 3.05) is 19.8 Å². The van der Waals surface area contributed by atoms with Crippen molar-refractivity contribution in [3.05, 3.63) is 0 Å². The van der Waals surface area contributed by atoms with Crippen LogP contribution in [-0.4, -0.2) is 163 Å². The molecule has 73 heavy (non-hydrogen) atoms. The number of nitrogens with one attached hydrogen (secondary N) is 2. The lowest BCUT2D eigenvalue weighted by Crippen LogP contribution is -2.67. The average Bonchev–Trinajstić information content (AvgIpc) is 3.38. The highest BCUT2D eigenvalue weighted by molar-refractivity contribution is 5.80. The van der Waals surface area contributed by atoms with Crippen molar-refractivity contribution < 1.29 is 74.5 Å². The van der Waals surface area contributed by atoms with Crippen LogP contribution in [0.4, 0.5) is 0 Å². The van der Waals surface area contributed by atoms with E-state index in [0.717, 1.165) is 51.9 Å². The predicted octanol–water partition coefficient (Wildman–Crippen LogP) is 6.64. The Kier molecular flexibility index (Phi) is 39.3. The van der Waals surface area contributed by atoms with Gasteiger partial charge in [-0.15, -0.1) is 0 Å². The first kappa shape index (κ1) is 67.5. The standard InChI is InChI=1S/C56H108N2O15/c1-4-6-8-10-12-14-16-18-19-20-21-22-23-25-27-29-31-33-35-37-44(63)54(69)58-42(48(64)43(62)36-34-32-30-28-26-24-17-15-13-11-9-7-5-2)40-70-56-52(68)51(67)53(46(39-60)72-56)73-55-47(57-41(3)61)50(66)49(65)45(38-59)71-55/h42-53,55-56,59-60,62-68H,4-40H2,1-3H3,(H,57,61)(H,58,69)/t42-,43+,44+,45+,46+,47+,48-,49+,50+,51+,52+,53-,55+,56-/m0/s1. The van der Waals surface area contributed by atoms with E-state index in [0.29, 0.717) is 12.8 Å². The van der Waals surface area contributed by atoms with E-state index in [1.807, 2.05) is 0 Å². The molecule has 2 heterocycles. The Balaban J connectivity index is 1.90. The number of aliphatic hydroxyl groups is 9. The Morgan fingerprint density at radius 1 is 0.507 bits per heavy atom. The molecule has 0 aromatic rings. The molecule has 11 N–H and O–H groups in total. The van der Waals surface area contributed by atoms with E-state index in [-0.39, 0.29) is 12.8 Å². The van der Waals surface area contributed by atoms with Crippen molar-refractivity contribution in [1.82, 2.24) is 10.6 Å². The van der Waals surface area contributed by atoms with Crippen LogP contribution in [0.5, 0.6) is 0 Å². The topological polar surface area (TPSA) is 277 Å². The number of carbonyl (C=O) groups excluding carboxylic acids is 2. The number of hydrogen-bond acceptors (Lipinski definition) is 15. The average molecular weight is 1050 g/mol. The van der Waals surface area contributed by atoms with Crippen LogP contribution in [0.15, 0.2) is 0 Å². The molecule has 0 unspecified atom stereocenters. The number of aliphatic hydroxyl groups excluding tert-OH is 9. The van der Waals surface area contributed by atoms with Crippen LogP contribution >= 0.6 is 0 Å². The maximum Gasteiger partial charge on any atom is 0.249 e. The van der Waals surface area contributed by atoms with Gasteiger partial charge in [0.15, 0.2) is 12.6 Å². The minimum Gasteiger partial charge on any atom is -0.394 e. The Bertz CT molecular complexity index is 1340. The third kappa shape index (κ3) is 28.6. The van der Waals surface area contributed by atoms with Crippen LogP contribution in [0.2, 0.25) is 0 Å². The summed E-state index contributed by atoms with van der Waals surface area (Å²) < 4.78 is 23.2. The largest absolute Gasteiger partial charge is 0.394 e. The number of unbranched alkanes of at least 4 members (excludes halogenated alkanes) is 30. The van der Waals surface area contributed by atoms with Gasteiger partial charge in [0.2, 0.25) is 11.8 Å². The quantitative estimate of drug-likeness (QED) is 0.0285. The maximum absolute atomic E-state index is 13.4. The van der Waals surface area contributed by atoms with Gasteiger partial charge >= 0.3 is 0 Å². The van der Waals surface area contributed by atoms with E-state index in [9.17, 15) is 55.5 Å². The van der Waals surface area contributed by atoms with E-state index in [4.69, 9.17) is 18.9 Å². The fourth-order valence-corrected chi connectivity index (χ4v) is 10.2. The van der Waals surface area contributed by atoms with E-state index >= 15 is 0 Å². The van der Waals surface area contributed by atoms with Crippen LogP contribution in [0.25, 0.3) is 0 Å². The third-order valence-electron chi connectivity index (χ3n) is 14.9. The van der Waals surface area contributed by atoms with Crippen LogP contribution in [0, 0.1) is 0 Å². The van der Waals surface area contributed by atoms with E-state index in [1.165, 1.54) is 148 Å². The fraction of sp³-hybridized carbons (Fsp3) is 0.964. The predicted molar refractivity (Wildman–Crippen MR) is 282 cm³/mol. The molecule has 0 radical (unpaired) electrons. The zero-order valence-corrected chi connectivity index (χ0v) is 45.7. The summed E-state index contributed by atoms with van der Waals surface area (Å²) in [6, 6.07) is -2.67. The summed E-state index contributed by atoms with van der Waals surface area (Å²) in [4.78, 5) is 25.4. The Morgan fingerprint density at radius 2 is 0.904 bits per heavy atom. The van der Waals surface area contributed by atoms with Gasteiger partial charge in [0.25, 0.3) is 0 Å². The summed E-state index contributed by atoms with van der Waals surface area (Å²) in [6.07, 6.45) is 20.1. The van der Waals surface area contributed by atoms with Crippen LogP contribution in [-0.2, 0) is 28.5 Å². The van der Waals surface area contributed by atoms with Gasteiger partial charge < -0.3 is 75.5 Å². The maximum atomic E-state index is 13.4. The fourth-order valence-electron chi connectivity index (χ4n) is 10.2. The lowest BCUT2D eigenvalue weighted by molar-refractivity contribution is -0.347. The first-order valence-electron chi connectivity index (χ1n) is 29.4. The molecule has 2 aliphatic rings. The molecule has 2 fully saturated rings. The zero-order chi connectivity index (χ0) is 53.6. The molecule has 0 aromatic carbocycles. The SMILES string of the molecule is CCCCCCCCCCCCCCCCCCCCC[C@@H](O)C(=O)N[C@@H](CO[C@H]1O[C@H](CO)[C@H](O[C@H]2O[C@H](CO)[C@@H](O)[C@H](O)[C@H]2NC(C)=O)[C@H](O)[C@H]1O)[C@H](O)[C@H](O)CCCCCCCCCCCCCCC. The highest BCUT2D eigenvalue weighted by atomic mass is 16.7. The summed E-state index contributed by atoms with van der Waals surface area (Å²) in [5, 5.41) is 102. The molecule has 17 heteroatoms. The second-order valence-electron chi connectivity index (χ2n) is 21.4. The van der Waals surface area contributed by atoms with Gasteiger partial charge in [0.05, 0.1) is 32.0 Å². The van der Waals surface area contributed by atoms with Crippen molar-refractivity contribution in [3.63, 3.8) is 0 Å². The Hall–Kier alpha value is -1.58. The highest BCUT2D eigenvalue weighted by Crippen LogP contribution is 2.30. The Labute approximate surface area is 440 Å². The van der Waals surface area contributed by atoms with Crippen molar-refractivity contribution in [2.24, 2.45) is 0 Å². The van der Waals surface area contributed by atoms with Crippen molar-refractivity contribution in [2.45, 2.75) is 325 Å². The molecule has 0 spiro atoms. The number of amides is 2. The summed E-state index contributed by atoms with van der Waals surface area (Å²) in [7, 11) is 0. The molecule has 0 aromatic heterocycles. The van der Waals surface area contributed by atoms with Gasteiger partial charge in [0, 0.05) is 6.92 Å². The van der Waals surface area contributed by atoms with E-state index < -0.39 is 117 Å².